The summed E-state index contributed by atoms with van der Waals surface area (Å²) < 4.78 is 6.54. The summed E-state index contributed by atoms with van der Waals surface area (Å²) in [6.45, 7) is 4.13. The first-order valence-corrected chi connectivity index (χ1v) is 10.3. The van der Waals surface area contributed by atoms with Gasteiger partial charge >= 0.3 is 0 Å². The lowest BCUT2D eigenvalue weighted by Gasteiger charge is -2.49. The molecule has 1 amide bonds. The van der Waals surface area contributed by atoms with Crippen LogP contribution in [0.3, 0.4) is 0 Å². The minimum absolute atomic E-state index is 0.230. The lowest BCUT2D eigenvalue weighted by molar-refractivity contribution is -0.214. The van der Waals surface area contributed by atoms with E-state index in [-0.39, 0.29) is 23.2 Å². The monoisotopic (exact) mass is 395 g/mol. The summed E-state index contributed by atoms with van der Waals surface area (Å²) in [5, 5.41) is 19.2. The Morgan fingerprint density at radius 1 is 1.17 bits per heavy atom. The van der Waals surface area contributed by atoms with Crippen LogP contribution >= 0.6 is 0 Å². The van der Waals surface area contributed by atoms with E-state index < -0.39 is 11.7 Å². The van der Waals surface area contributed by atoms with E-state index in [4.69, 9.17) is 4.74 Å². The van der Waals surface area contributed by atoms with E-state index in [9.17, 15) is 9.90 Å². The van der Waals surface area contributed by atoms with Crippen LogP contribution in [0.4, 0.5) is 0 Å². The van der Waals surface area contributed by atoms with Gasteiger partial charge in [0.25, 0.3) is 5.91 Å². The van der Waals surface area contributed by atoms with Gasteiger partial charge in [0.1, 0.15) is 6.10 Å². The zero-order chi connectivity index (χ0) is 20.6. The molecule has 3 heterocycles. The molecule has 0 spiro atoms. The van der Waals surface area contributed by atoms with Gasteiger partial charge in [0.15, 0.2) is 5.69 Å². The maximum Gasteiger partial charge on any atom is 0.274 e. The summed E-state index contributed by atoms with van der Waals surface area (Å²) in [6.07, 6.45) is 3.84. The highest BCUT2D eigenvalue weighted by atomic mass is 16.5. The molecule has 1 aromatic carbocycles. The third kappa shape index (κ3) is 3.79. The van der Waals surface area contributed by atoms with Gasteiger partial charge in [-0.3, -0.25) is 4.79 Å². The summed E-state index contributed by atoms with van der Waals surface area (Å²) in [5.41, 5.74) is 0.502. The van der Waals surface area contributed by atoms with Gasteiger partial charge in [-0.25, -0.2) is 0 Å². The minimum Gasteiger partial charge on any atom is -0.388 e. The van der Waals surface area contributed by atoms with E-state index in [1.54, 1.807) is 30.3 Å². The smallest absolute Gasteiger partial charge is 0.274 e. The zero-order valence-electron chi connectivity index (χ0n) is 17.3. The number of aromatic nitrogens is 2. The molecule has 6 nitrogen and oxygen atoms in total. The number of amides is 1. The maximum atomic E-state index is 12.9. The third-order valence-electron chi connectivity index (χ3n) is 6.65. The van der Waals surface area contributed by atoms with Crippen molar-refractivity contribution in [2.24, 2.45) is 0 Å². The Hall–Kier alpha value is -2.31. The molecule has 2 aromatic rings. The molecule has 29 heavy (non-hydrogen) atoms. The van der Waals surface area contributed by atoms with Crippen LogP contribution in [-0.4, -0.2) is 56.5 Å². The molecule has 5 atom stereocenters. The Labute approximate surface area is 171 Å². The van der Waals surface area contributed by atoms with Crippen LogP contribution in [0.5, 0.6) is 0 Å². The van der Waals surface area contributed by atoms with Gasteiger partial charge < -0.3 is 14.7 Å². The molecule has 154 valence electrons. The van der Waals surface area contributed by atoms with Crippen LogP contribution in [0, 0.1) is 0 Å². The van der Waals surface area contributed by atoms with Crippen molar-refractivity contribution in [3.8, 4) is 0 Å². The Morgan fingerprint density at radius 2 is 1.93 bits per heavy atom. The molecule has 2 aliphatic heterocycles. The lowest BCUT2D eigenvalue weighted by atomic mass is 9.74. The second-order valence-corrected chi connectivity index (χ2v) is 8.96. The zero-order valence-corrected chi connectivity index (χ0v) is 17.3. The number of ether oxygens (including phenoxy) is 1. The fraction of sp³-hybridized carbons (Fsp3) is 0.522. The van der Waals surface area contributed by atoms with Gasteiger partial charge in [0.05, 0.1) is 17.2 Å². The van der Waals surface area contributed by atoms with Crippen molar-refractivity contribution in [1.29, 1.82) is 0 Å². The topological polar surface area (TPSA) is 75.6 Å². The fourth-order valence-corrected chi connectivity index (χ4v) is 5.19. The Kier molecular flexibility index (Phi) is 5.17. The molecular formula is C23H29N3O3. The normalized spacial score (nSPS) is 34.3. The highest BCUT2D eigenvalue weighted by molar-refractivity contribution is 5.92. The van der Waals surface area contributed by atoms with Crippen molar-refractivity contribution < 1.29 is 14.6 Å². The van der Waals surface area contributed by atoms with Crippen molar-refractivity contribution in [2.45, 2.75) is 68.8 Å². The van der Waals surface area contributed by atoms with Gasteiger partial charge in [-0.05, 0) is 63.1 Å². The quantitative estimate of drug-likeness (QED) is 0.864. The first kappa shape index (κ1) is 20.0. The molecular weight excluding hydrogens is 366 g/mol. The number of likely N-dealkylation sites (N-methyl/N-ethyl adjacent to an activating group) is 1. The number of aliphatic hydroxyl groups is 1. The third-order valence-corrected chi connectivity index (χ3v) is 6.65. The number of nitrogens with zero attached hydrogens (tertiary/aromatic N) is 3. The number of aliphatic hydroxyl groups excluding tert-OH is 1. The fourth-order valence-electron chi connectivity index (χ4n) is 5.19. The molecule has 1 aromatic heterocycles. The van der Waals surface area contributed by atoms with E-state index >= 15 is 0 Å². The highest BCUT2D eigenvalue weighted by Crippen LogP contribution is 2.50. The summed E-state index contributed by atoms with van der Waals surface area (Å²) in [6, 6.07) is 13.5. The predicted octanol–water partition coefficient (Wildman–Crippen LogP) is 3.18. The van der Waals surface area contributed by atoms with E-state index in [1.807, 2.05) is 13.0 Å². The number of carbonyl (C=O) groups is 1. The summed E-state index contributed by atoms with van der Waals surface area (Å²) in [5.74, 6) is 0.0845. The first-order valence-electron chi connectivity index (χ1n) is 10.3. The molecule has 0 saturated carbocycles. The average Bonchev–Trinajstić information content (AvgIpc) is 2.80. The molecule has 2 bridgehead atoms. The Morgan fingerprint density at radius 3 is 2.62 bits per heavy atom. The summed E-state index contributed by atoms with van der Waals surface area (Å²) in [7, 11) is 1.74. The van der Waals surface area contributed by atoms with Gasteiger partial charge in [-0.15, -0.1) is 5.10 Å². The Balaban J connectivity index is 1.62. The van der Waals surface area contributed by atoms with Crippen molar-refractivity contribution in [2.75, 3.05) is 7.05 Å². The second-order valence-electron chi connectivity index (χ2n) is 8.96. The molecule has 0 unspecified atom stereocenters. The van der Waals surface area contributed by atoms with Crippen LogP contribution in [0.15, 0.2) is 48.7 Å². The van der Waals surface area contributed by atoms with E-state index in [0.29, 0.717) is 12.3 Å². The van der Waals surface area contributed by atoms with Gasteiger partial charge in [0, 0.05) is 13.2 Å². The predicted molar refractivity (Wildman–Crippen MR) is 109 cm³/mol. The molecule has 0 radical (unpaired) electrons. The molecule has 2 saturated heterocycles. The summed E-state index contributed by atoms with van der Waals surface area (Å²) >= 11 is 0. The average molecular weight is 396 g/mol. The lowest BCUT2D eigenvalue weighted by Crippen LogP contribution is -2.57. The van der Waals surface area contributed by atoms with Gasteiger partial charge in [0.2, 0.25) is 0 Å². The van der Waals surface area contributed by atoms with Gasteiger partial charge in [-0.2, -0.15) is 5.10 Å². The number of rotatable bonds is 3. The molecule has 2 fully saturated rings. The minimum atomic E-state index is -0.790. The molecule has 2 aliphatic rings. The molecule has 4 rings (SSSR count). The SMILES string of the molecule is CN(C(=O)c1cccnn1)[C@H]1CC[C@@]2(C)C[C@H](c3ccccc3)C[C@](C)(O2)[C@@H]1O. The van der Waals surface area contributed by atoms with Crippen LogP contribution in [0.2, 0.25) is 0 Å². The number of hydrogen-bond acceptors (Lipinski definition) is 5. The maximum absolute atomic E-state index is 12.9. The van der Waals surface area contributed by atoms with Crippen LogP contribution in [0.25, 0.3) is 0 Å². The van der Waals surface area contributed by atoms with Crippen LogP contribution in [-0.2, 0) is 4.74 Å². The molecule has 1 N–H and O–H groups in total. The molecule has 6 heteroatoms. The second kappa shape index (κ2) is 7.50. The van der Waals surface area contributed by atoms with Crippen molar-refractivity contribution >= 4 is 5.91 Å². The van der Waals surface area contributed by atoms with Crippen molar-refractivity contribution in [3.63, 3.8) is 0 Å². The van der Waals surface area contributed by atoms with E-state index in [2.05, 4.69) is 41.4 Å². The molecule has 0 aliphatic carbocycles. The van der Waals surface area contributed by atoms with E-state index in [1.165, 1.54) is 5.56 Å². The number of fused-ring (bicyclic) bond motifs is 2. The number of hydrogen-bond donors (Lipinski definition) is 1. The van der Waals surface area contributed by atoms with Crippen LogP contribution < -0.4 is 0 Å². The van der Waals surface area contributed by atoms with Crippen LogP contribution in [0.1, 0.15) is 61.5 Å². The number of carbonyl (C=O) groups excluding carboxylic acids is 1. The van der Waals surface area contributed by atoms with Crippen molar-refractivity contribution in [1.82, 2.24) is 15.1 Å². The highest BCUT2D eigenvalue weighted by Gasteiger charge is 2.54. The van der Waals surface area contributed by atoms with Crippen molar-refractivity contribution in [3.05, 3.63) is 59.9 Å². The first-order chi connectivity index (χ1) is 13.8. The van der Waals surface area contributed by atoms with E-state index in [0.717, 1.165) is 19.3 Å². The Bertz CT molecular complexity index is 862. The standard InChI is InChI=1S/C23H29N3O3/c1-22-12-11-19(26(3)21(28)18-10-7-13-24-25-18)20(27)23(2,29-22)15-17(14-22)16-8-5-4-6-9-16/h4-10,13,17,19-20,27H,11-12,14-15H2,1-3H3/t17-,19-,20+,22-,23-/m0/s1. The summed E-state index contributed by atoms with van der Waals surface area (Å²) in [4.78, 5) is 14.6. The largest absolute Gasteiger partial charge is 0.388 e. The van der Waals surface area contributed by atoms with Gasteiger partial charge in [-0.1, -0.05) is 30.3 Å². The number of benzene rings is 1.